The molecule has 20 heavy (non-hydrogen) atoms. The molecule has 0 fully saturated rings. The number of hydrogen-bond acceptors (Lipinski definition) is 3. The summed E-state index contributed by atoms with van der Waals surface area (Å²) in [5.74, 6) is 0. The summed E-state index contributed by atoms with van der Waals surface area (Å²) in [6, 6.07) is 13.7. The van der Waals surface area contributed by atoms with E-state index in [2.05, 4.69) is 73.0 Å². The second kappa shape index (κ2) is 7.46. The zero-order chi connectivity index (χ0) is 14.4. The number of nitrogens with one attached hydrogen (secondary N) is 1. The molecule has 1 N–H and O–H groups in total. The first-order valence-electron chi connectivity index (χ1n) is 7.23. The Kier molecular flexibility index (Phi) is 5.62. The van der Waals surface area contributed by atoms with Crippen LogP contribution in [0.4, 0.5) is 5.69 Å². The zero-order valence-corrected chi connectivity index (χ0v) is 13.4. The van der Waals surface area contributed by atoms with Gasteiger partial charge in [-0.2, -0.15) is 0 Å². The summed E-state index contributed by atoms with van der Waals surface area (Å²) in [4.78, 5) is 3.61. The number of rotatable bonds is 7. The molecule has 2 nitrogen and oxygen atoms in total. The minimum absolute atomic E-state index is 0.443. The highest BCUT2D eigenvalue weighted by Crippen LogP contribution is 2.23. The minimum Gasteiger partial charge on any atom is -0.378 e. The molecule has 0 amide bonds. The van der Waals surface area contributed by atoms with E-state index in [1.54, 1.807) is 0 Å². The molecule has 0 aliphatic heterocycles. The average molecular weight is 288 g/mol. The minimum atomic E-state index is 0.443. The van der Waals surface area contributed by atoms with Crippen molar-refractivity contribution in [2.24, 2.45) is 0 Å². The number of anilines is 1. The van der Waals surface area contributed by atoms with Gasteiger partial charge in [0, 0.05) is 30.7 Å². The van der Waals surface area contributed by atoms with Gasteiger partial charge in [0.2, 0.25) is 0 Å². The Morgan fingerprint density at radius 2 is 1.90 bits per heavy atom. The van der Waals surface area contributed by atoms with Crippen LogP contribution < -0.4 is 10.2 Å². The summed E-state index contributed by atoms with van der Waals surface area (Å²) in [7, 11) is 4.15. The van der Waals surface area contributed by atoms with Gasteiger partial charge in [-0.1, -0.05) is 25.1 Å². The Morgan fingerprint density at radius 1 is 1.15 bits per heavy atom. The van der Waals surface area contributed by atoms with E-state index in [-0.39, 0.29) is 0 Å². The van der Waals surface area contributed by atoms with E-state index in [9.17, 15) is 0 Å². The Bertz CT molecular complexity index is 488. The van der Waals surface area contributed by atoms with Gasteiger partial charge < -0.3 is 10.2 Å². The maximum absolute atomic E-state index is 3.60. The summed E-state index contributed by atoms with van der Waals surface area (Å²) in [6.45, 7) is 3.18. The van der Waals surface area contributed by atoms with Crippen molar-refractivity contribution in [3.8, 4) is 0 Å². The average Bonchev–Trinajstić information content (AvgIpc) is 2.97. The quantitative estimate of drug-likeness (QED) is 0.825. The fourth-order valence-corrected chi connectivity index (χ4v) is 3.10. The van der Waals surface area contributed by atoms with Crippen LogP contribution in [0, 0.1) is 0 Å². The third kappa shape index (κ3) is 4.09. The molecule has 0 radical (unpaired) electrons. The molecule has 1 aromatic heterocycles. The van der Waals surface area contributed by atoms with Gasteiger partial charge in [-0.25, -0.2) is 0 Å². The van der Waals surface area contributed by atoms with Crippen LogP contribution in [0.1, 0.15) is 29.8 Å². The van der Waals surface area contributed by atoms with Crippen LogP contribution in [-0.2, 0) is 6.42 Å². The molecule has 1 heterocycles. The van der Waals surface area contributed by atoms with Crippen LogP contribution in [0.15, 0.2) is 41.8 Å². The van der Waals surface area contributed by atoms with Crippen LogP contribution in [0.3, 0.4) is 0 Å². The number of aryl methyl sites for hydroxylation is 1. The van der Waals surface area contributed by atoms with Crippen molar-refractivity contribution in [1.29, 1.82) is 0 Å². The molecule has 0 saturated carbocycles. The highest BCUT2D eigenvalue weighted by atomic mass is 32.1. The van der Waals surface area contributed by atoms with E-state index in [0.717, 1.165) is 19.4 Å². The molecule has 0 bridgehead atoms. The second-order valence-electron chi connectivity index (χ2n) is 5.21. The monoisotopic (exact) mass is 288 g/mol. The number of benzene rings is 1. The molecule has 1 atom stereocenters. The summed E-state index contributed by atoms with van der Waals surface area (Å²) in [5.41, 5.74) is 2.64. The van der Waals surface area contributed by atoms with Crippen LogP contribution >= 0.6 is 11.3 Å². The zero-order valence-electron chi connectivity index (χ0n) is 12.6. The van der Waals surface area contributed by atoms with Gasteiger partial charge in [-0.3, -0.25) is 0 Å². The van der Waals surface area contributed by atoms with Gasteiger partial charge in [0.1, 0.15) is 0 Å². The summed E-state index contributed by atoms with van der Waals surface area (Å²) in [6.07, 6.45) is 2.29. The fourth-order valence-electron chi connectivity index (χ4n) is 2.38. The van der Waals surface area contributed by atoms with Crippen molar-refractivity contribution < 1.29 is 0 Å². The Balaban J connectivity index is 2.03. The van der Waals surface area contributed by atoms with E-state index in [1.807, 2.05) is 11.3 Å². The third-order valence-corrected chi connectivity index (χ3v) is 4.46. The first-order chi connectivity index (χ1) is 9.70. The highest BCUT2D eigenvalue weighted by Gasteiger charge is 2.11. The van der Waals surface area contributed by atoms with E-state index < -0.39 is 0 Å². The number of hydrogen-bond donors (Lipinski definition) is 1. The van der Waals surface area contributed by atoms with E-state index in [1.165, 1.54) is 16.1 Å². The molecule has 0 aliphatic carbocycles. The lowest BCUT2D eigenvalue weighted by Crippen LogP contribution is -2.21. The van der Waals surface area contributed by atoms with Crippen LogP contribution in [0.5, 0.6) is 0 Å². The molecule has 1 unspecified atom stereocenters. The lowest BCUT2D eigenvalue weighted by atomic mass is 10.0. The molecule has 1 aromatic carbocycles. The van der Waals surface area contributed by atoms with Crippen molar-refractivity contribution in [2.45, 2.75) is 25.8 Å². The van der Waals surface area contributed by atoms with Gasteiger partial charge >= 0.3 is 0 Å². The molecule has 2 rings (SSSR count). The van der Waals surface area contributed by atoms with Gasteiger partial charge in [0.15, 0.2) is 0 Å². The Labute approximate surface area is 126 Å². The Hall–Kier alpha value is -1.32. The first-order valence-corrected chi connectivity index (χ1v) is 8.11. The summed E-state index contributed by atoms with van der Waals surface area (Å²) < 4.78 is 0. The molecule has 108 valence electrons. The predicted octanol–water partition coefficient (Wildman–Crippen LogP) is 4.10. The van der Waals surface area contributed by atoms with Crippen LogP contribution in [0.25, 0.3) is 0 Å². The van der Waals surface area contributed by atoms with Crippen molar-refractivity contribution >= 4 is 17.0 Å². The van der Waals surface area contributed by atoms with Gasteiger partial charge in [0.05, 0.1) is 0 Å². The molecule has 0 spiro atoms. The van der Waals surface area contributed by atoms with Crippen molar-refractivity contribution in [1.82, 2.24) is 5.32 Å². The lowest BCUT2D eigenvalue weighted by Gasteiger charge is -2.20. The molecular formula is C17H24N2S. The SMILES string of the molecule is CCNC(CCc1cccs1)c1ccc(N(C)C)cc1. The second-order valence-corrected chi connectivity index (χ2v) is 6.25. The fraction of sp³-hybridized carbons (Fsp3) is 0.412. The number of thiophene rings is 1. The summed E-state index contributed by atoms with van der Waals surface area (Å²) >= 11 is 1.85. The van der Waals surface area contributed by atoms with Gasteiger partial charge in [0.25, 0.3) is 0 Å². The molecule has 2 aromatic rings. The standard InChI is InChI=1S/C17H24N2S/c1-4-18-17(12-11-16-6-5-13-20-16)14-7-9-15(10-8-14)19(2)3/h5-10,13,17-18H,4,11-12H2,1-3H3. The summed E-state index contributed by atoms with van der Waals surface area (Å²) in [5, 5.41) is 5.76. The van der Waals surface area contributed by atoms with Gasteiger partial charge in [-0.05, 0) is 48.5 Å². The van der Waals surface area contributed by atoms with Gasteiger partial charge in [-0.15, -0.1) is 11.3 Å². The predicted molar refractivity (Wildman–Crippen MR) is 89.8 cm³/mol. The molecule has 0 aliphatic rings. The Morgan fingerprint density at radius 3 is 2.45 bits per heavy atom. The van der Waals surface area contributed by atoms with Crippen molar-refractivity contribution in [2.75, 3.05) is 25.5 Å². The largest absolute Gasteiger partial charge is 0.378 e. The van der Waals surface area contributed by atoms with E-state index >= 15 is 0 Å². The topological polar surface area (TPSA) is 15.3 Å². The normalized spacial score (nSPS) is 12.3. The number of nitrogens with zero attached hydrogens (tertiary/aromatic N) is 1. The van der Waals surface area contributed by atoms with Crippen molar-refractivity contribution in [3.63, 3.8) is 0 Å². The maximum atomic E-state index is 3.60. The van der Waals surface area contributed by atoms with Crippen LogP contribution in [-0.4, -0.2) is 20.6 Å². The third-order valence-electron chi connectivity index (χ3n) is 3.52. The molecule has 0 saturated heterocycles. The van der Waals surface area contributed by atoms with E-state index in [4.69, 9.17) is 0 Å². The first kappa shape index (κ1) is 15.1. The molecular weight excluding hydrogens is 264 g/mol. The smallest absolute Gasteiger partial charge is 0.0361 e. The lowest BCUT2D eigenvalue weighted by molar-refractivity contribution is 0.517. The highest BCUT2D eigenvalue weighted by molar-refractivity contribution is 7.09. The maximum Gasteiger partial charge on any atom is 0.0361 e. The molecule has 3 heteroatoms. The van der Waals surface area contributed by atoms with Crippen molar-refractivity contribution in [3.05, 3.63) is 52.2 Å². The van der Waals surface area contributed by atoms with E-state index in [0.29, 0.717) is 6.04 Å². The van der Waals surface area contributed by atoms with Crippen LogP contribution in [0.2, 0.25) is 0 Å².